The van der Waals surface area contributed by atoms with E-state index in [1.54, 1.807) is 0 Å². The van der Waals surface area contributed by atoms with Crippen LogP contribution in [0.5, 0.6) is 0 Å². The summed E-state index contributed by atoms with van der Waals surface area (Å²) < 4.78 is 19.4. The Morgan fingerprint density at radius 2 is 2.00 bits per heavy atom. The van der Waals surface area contributed by atoms with Crippen LogP contribution in [0.1, 0.15) is 17.0 Å². The fourth-order valence-electron chi connectivity index (χ4n) is 1.92. The van der Waals surface area contributed by atoms with Crippen LogP contribution in [0.2, 0.25) is 0 Å². The van der Waals surface area contributed by atoms with E-state index in [9.17, 15) is 4.39 Å². The molecule has 0 N–H and O–H groups in total. The summed E-state index contributed by atoms with van der Waals surface area (Å²) in [5, 5.41) is 11.6. The molecule has 0 unspecified atom stereocenters. The third-order valence-electron chi connectivity index (χ3n) is 2.89. The lowest BCUT2D eigenvalue weighted by Crippen LogP contribution is -1.99. The van der Waals surface area contributed by atoms with Crippen molar-refractivity contribution in [2.45, 2.75) is 20.1 Å². The van der Waals surface area contributed by atoms with Gasteiger partial charge in [-0.25, -0.2) is 4.39 Å². The molecule has 0 spiro atoms. The molecule has 0 saturated carbocycles. The highest BCUT2D eigenvalue weighted by atomic mass is 19.1. The van der Waals surface area contributed by atoms with Crippen LogP contribution in [-0.2, 0) is 13.2 Å². The summed E-state index contributed by atoms with van der Waals surface area (Å²) >= 11 is 0. The van der Waals surface area contributed by atoms with Crippen LogP contribution in [0, 0.1) is 6.92 Å². The van der Waals surface area contributed by atoms with Crippen molar-refractivity contribution in [2.75, 3.05) is 0 Å². The van der Waals surface area contributed by atoms with E-state index in [4.69, 9.17) is 4.42 Å². The summed E-state index contributed by atoms with van der Waals surface area (Å²) in [7, 11) is 0. The summed E-state index contributed by atoms with van der Waals surface area (Å²) in [6.45, 7) is 1.96. The van der Waals surface area contributed by atoms with Crippen molar-refractivity contribution in [1.82, 2.24) is 20.0 Å². The quantitative estimate of drug-likeness (QED) is 0.732. The van der Waals surface area contributed by atoms with Gasteiger partial charge in [-0.15, -0.1) is 10.2 Å². The summed E-state index contributed by atoms with van der Waals surface area (Å²) in [5.74, 6) is 0.329. The standard InChI is InChI=1S/C14H13FN4O/c1-10-7-16-19(8-10)9-11-2-4-12(5-3-11)14-18-17-13(6-15)20-14/h2-5,7-8H,6,9H2,1H3. The highest BCUT2D eigenvalue weighted by Gasteiger charge is 2.08. The minimum absolute atomic E-state index is 0.00362. The molecular formula is C14H13FN4O. The van der Waals surface area contributed by atoms with Crippen LogP contribution in [0.25, 0.3) is 11.5 Å². The molecule has 2 heterocycles. The predicted molar refractivity (Wildman–Crippen MR) is 70.6 cm³/mol. The monoisotopic (exact) mass is 272 g/mol. The van der Waals surface area contributed by atoms with Gasteiger partial charge in [0.05, 0.1) is 12.7 Å². The third-order valence-corrected chi connectivity index (χ3v) is 2.89. The van der Waals surface area contributed by atoms with Gasteiger partial charge in [0.15, 0.2) is 6.67 Å². The second-order valence-electron chi connectivity index (χ2n) is 4.55. The van der Waals surface area contributed by atoms with Crippen LogP contribution >= 0.6 is 0 Å². The first-order valence-corrected chi connectivity index (χ1v) is 6.21. The Kier molecular flexibility index (Phi) is 3.28. The van der Waals surface area contributed by atoms with Gasteiger partial charge in [-0.3, -0.25) is 4.68 Å². The van der Waals surface area contributed by atoms with Gasteiger partial charge in [0.2, 0.25) is 11.8 Å². The largest absolute Gasteiger partial charge is 0.418 e. The normalized spacial score (nSPS) is 10.9. The summed E-state index contributed by atoms with van der Waals surface area (Å²) in [6.07, 6.45) is 3.81. The Balaban J connectivity index is 1.77. The third kappa shape index (κ3) is 2.59. The van der Waals surface area contributed by atoms with Crippen molar-refractivity contribution in [3.8, 4) is 11.5 Å². The highest BCUT2D eigenvalue weighted by Crippen LogP contribution is 2.19. The zero-order valence-corrected chi connectivity index (χ0v) is 11.0. The first-order valence-electron chi connectivity index (χ1n) is 6.21. The van der Waals surface area contributed by atoms with Crippen LogP contribution in [0.4, 0.5) is 4.39 Å². The fraction of sp³-hybridized carbons (Fsp3) is 0.214. The zero-order valence-electron chi connectivity index (χ0n) is 11.0. The second kappa shape index (κ2) is 5.24. The Morgan fingerprint density at radius 3 is 2.60 bits per heavy atom. The van der Waals surface area contributed by atoms with E-state index in [2.05, 4.69) is 15.3 Å². The molecule has 3 aromatic rings. The van der Waals surface area contributed by atoms with Gasteiger partial charge in [0, 0.05) is 11.8 Å². The van der Waals surface area contributed by atoms with Crippen LogP contribution in [0.3, 0.4) is 0 Å². The molecule has 0 aliphatic carbocycles. The molecule has 0 fully saturated rings. The minimum atomic E-state index is -0.746. The second-order valence-corrected chi connectivity index (χ2v) is 4.55. The van der Waals surface area contributed by atoms with Crippen molar-refractivity contribution in [3.05, 3.63) is 53.7 Å². The van der Waals surface area contributed by atoms with Gasteiger partial charge in [-0.1, -0.05) is 12.1 Å². The van der Waals surface area contributed by atoms with E-state index in [1.807, 2.05) is 48.3 Å². The number of benzene rings is 1. The van der Waals surface area contributed by atoms with E-state index in [1.165, 1.54) is 0 Å². The Bertz CT molecular complexity index is 702. The molecule has 0 atom stereocenters. The maximum atomic E-state index is 12.4. The van der Waals surface area contributed by atoms with E-state index in [-0.39, 0.29) is 5.89 Å². The van der Waals surface area contributed by atoms with Crippen molar-refractivity contribution in [1.29, 1.82) is 0 Å². The maximum absolute atomic E-state index is 12.4. The lowest BCUT2D eigenvalue weighted by Gasteiger charge is -2.02. The number of halogens is 1. The van der Waals surface area contributed by atoms with Gasteiger partial charge in [0.25, 0.3) is 0 Å². The average molecular weight is 272 g/mol. The SMILES string of the molecule is Cc1cnn(Cc2ccc(-c3nnc(CF)o3)cc2)c1. The van der Waals surface area contributed by atoms with Gasteiger partial charge in [0.1, 0.15) is 0 Å². The molecule has 3 rings (SSSR count). The number of aromatic nitrogens is 4. The zero-order chi connectivity index (χ0) is 13.9. The molecule has 102 valence electrons. The van der Waals surface area contributed by atoms with Crippen LogP contribution in [-0.4, -0.2) is 20.0 Å². The van der Waals surface area contributed by atoms with Gasteiger partial charge < -0.3 is 4.42 Å². The van der Waals surface area contributed by atoms with Crippen molar-refractivity contribution in [3.63, 3.8) is 0 Å². The molecule has 5 nitrogen and oxygen atoms in total. The average Bonchev–Trinajstić information content (AvgIpc) is 3.09. The molecule has 0 saturated heterocycles. The smallest absolute Gasteiger partial charge is 0.247 e. The number of rotatable bonds is 4. The Morgan fingerprint density at radius 1 is 1.20 bits per heavy atom. The Hall–Kier alpha value is -2.50. The maximum Gasteiger partial charge on any atom is 0.247 e. The molecule has 0 aliphatic rings. The van der Waals surface area contributed by atoms with E-state index < -0.39 is 6.67 Å². The molecule has 20 heavy (non-hydrogen) atoms. The topological polar surface area (TPSA) is 56.7 Å². The van der Waals surface area contributed by atoms with Gasteiger partial charge >= 0.3 is 0 Å². The number of nitrogens with zero attached hydrogens (tertiary/aromatic N) is 4. The van der Waals surface area contributed by atoms with Crippen LogP contribution < -0.4 is 0 Å². The number of aryl methyl sites for hydroxylation is 1. The molecule has 2 aromatic heterocycles. The number of alkyl halides is 1. The first-order chi connectivity index (χ1) is 9.74. The van der Waals surface area contributed by atoms with Crippen molar-refractivity contribution < 1.29 is 8.81 Å². The Labute approximate surface area is 115 Å². The summed E-state index contributed by atoms with van der Waals surface area (Å²) in [4.78, 5) is 0. The number of hydrogen-bond acceptors (Lipinski definition) is 4. The summed E-state index contributed by atoms with van der Waals surface area (Å²) in [5.41, 5.74) is 3.02. The molecular weight excluding hydrogens is 259 g/mol. The lowest BCUT2D eigenvalue weighted by atomic mass is 10.1. The van der Waals surface area contributed by atoms with Gasteiger partial charge in [-0.2, -0.15) is 5.10 Å². The molecule has 0 radical (unpaired) electrons. The lowest BCUT2D eigenvalue weighted by molar-refractivity contribution is 0.385. The first kappa shape index (κ1) is 12.5. The molecule has 0 aliphatic heterocycles. The molecule has 1 aromatic carbocycles. The van der Waals surface area contributed by atoms with E-state index >= 15 is 0 Å². The predicted octanol–water partition coefficient (Wildman–Crippen LogP) is 2.76. The summed E-state index contributed by atoms with van der Waals surface area (Å²) in [6, 6.07) is 7.68. The van der Waals surface area contributed by atoms with E-state index in [0.29, 0.717) is 12.4 Å². The molecule has 6 heteroatoms. The van der Waals surface area contributed by atoms with Crippen LogP contribution in [0.15, 0.2) is 41.1 Å². The minimum Gasteiger partial charge on any atom is -0.418 e. The van der Waals surface area contributed by atoms with Crippen molar-refractivity contribution >= 4 is 0 Å². The number of hydrogen-bond donors (Lipinski definition) is 0. The fourth-order valence-corrected chi connectivity index (χ4v) is 1.92. The van der Waals surface area contributed by atoms with E-state index in [0.717, 1.165) is 16.7 Å². The molecule has 0 amide bonds. The van der Waals surface area contributed by atoms with Crippen molar-refractivity contribution in [2.24, 2.45) is 0 Å². The highest BCUT2D eigenvalue weighted by molar-refractivity contribution is 5.52. The van der Waals surface area contributed by atoms with Gasteiger partial charge in [-0.05, 0) is 30.2 Å². The molecule has 0 bridgehead atoms.